The monoisotopic (exact) mass is 228 g/mol. The SMILES string of the molecule is NC(CCC(=O)NC1CCCCC1)C(=O)O. The maximum atomic E-state index is 11.5. The van der Waals surface area contributed by atoms with Crippen LogP contribution in [0.3, 0.4) is 0 Å². The molecule has 1 aliphatic rings. The third-order valence-electron chi connectivity index (χ3n) is 2.97. The highest BCUT2D eigenvalue weighted by Crippen LogP contribution is 2.17. The van der Waals surface area contributed by atoms with Gasteiger partial charge >= 0.3 is 5.97 Å². The van der Waals surface area contributed by atoms with Crippen molar-refractivity contribution in [3.8, 4) is 0 Å². The molecule has 92 valence electrons. The molecule has 1 rings (SSSR count). The fourth-order valence-corrected chi connectivity index (χ4v) is 1.96. The molecule has 1 amide bonds. The summed E-state index contributed by atoms with van der Waals surface area (Å²) in [6, 6.07) is -0.653. The number of nitrogens with one attached hydrogen (secondary N) is 1. The molecule has 0 saturated heterocycles. The van der Waals surface area contributed by atoms with Crippen molar-refractivity contribution in [2.75, 3.05) is 0 Å². The number of nitrogens with two attached hydrogens (primary N) is 1. The minimum absolute atomic E-state index is 0.0800. The lowest BCUT2D eigenvalue weighted by atomic mass is 9.95. The van der Waals surface area contributed by atoms with E-state index in [2.05, 4.69) is 5.32 Å². The van der Waals surface area contributed by atoms with E-state index in [1.54, 1.807) is 0 Å². The highest BCUT2D eigenvalue weighted by Gasteiger charge is 2.17. The molecule has 1 fully saturated rings. The van der Waals surface area contributed by atoms with Gasteiger partial charge in [-0.2, -0.15) is 0 Å². The second-order valence-corrected chi connectivity index (χ2v) is 4.39. The molecule has 0 spiro atoms. The summed E-state index contributed by atoms with van der Waals surface area (Å²) in [5, 5.41) is 11.5. The van der Waals surface area contributed by atoms with Gasteiger partial charge in [0.1, 0.15) is 6.04 Å². The summed E-state index contributed by atoms with van der Waals surface area (Å²) in [7, 11) is 0. The summed E-state index contributed by atoms with van der Waals surface area (Å²) in [5.74, 6) is -1.13. The van der Waals surface area contributed by atoms with Crippen LogP contribution in [0.2, 0.25) is 0 Å². The molecule has 0 aromatic heterocycles. The van der Waals surface area contributed by atoms with Gasteiger partial charge in [0, 0.05) is 12.5 Å². The van der Waals surface area contributed by atoms with Crippen LogP contribution in [-0.2, 0) is 9.59 Å². The summed E-state index contributed by atoms with van der Waals surface area (Å²) in [5.41, 5.74) is 5.32. The van der Waals surface area contributed by atoms with Crippen LogP contribution in [0.1, 0.15) is 44.9 Å². The number of amides is 1. The summed E-state index contributed by atoms with van der Waals surface area (Å²) in [6.07, 6.45) is 6.06. The van der Waals surface area contributed by atoms with Crippen LogP contribution in [0.4, 0.5) is 0 Å². The summed E-state index contributed by atoms with van der Waals surface area (Å²) in [6.45, 7) is 0. The molecule has 0 aromatic carbocycles. The Kier molecular flexibility index (Phi) is 5.25. The van der Waals surface area contributed by atoms with Gasteiger partial charge in [-0.1, -0.05) is 19.3 Å². The average Bonchev–Trinajstić information content (AvgIpc) is 2.27. The van der Waals surface area contributed by atoms with Crippen molar-refractivity contribution in [2.24, 2.45) is 5.73 Å². The van der Waals surface area contributed by atoms with E-state index in [-0.39, 0.29) is 24.8 Å². The van der Waals surface area contributed by atoms with E-state index >= 15 is 0 Å². The second-order valence-electron chi connectivity index (χ2n) is 4.39. The van der Waals surface area contributed by atoms with E-state index in [1.807, 2.05) is 0 Å². The third-order valence-corrected chi connectivity index (χ3v) is 2.97. The van der Waals surface area contributed by atoms with Crippen LogP contribution in [-0.4, -0.2) is 29.1 Å². The van der Waals surface area contributed by atoms with Gasteiger partial charge in [0.05, 0.1) is 0 Å². The van der Waals surface area contributed by atoms with E-state index in [1.165, 1.54) is 19.3 Å². The molecular formula is C11H20N2O3. The Bertz CT molecular complexity index is 250. The number of hydrogen-bond acceptors (Lipinski definition) is 3. The van der Waals surface area contributed by atoms with Gasteiger partial charge < -0.3 is 16.2 Å². The Morgan fingerprint density at radius 2 is 1.94 bits per heavy atom. The van der Waals surface area contributed by atoms with Gasteiger partial charge in [0.25, 0.3) is 0 Å². The Labute approximate surface area is 95.4 Å². The first-order valence-electron chi connectivity index (χ1n) is 5.87. The molecule has 0 aromatic rings. The summed E-state index contributed by atoms with van der Waals surface area (Å²) in [4.78, 5) is 21.9. The van der Waals surface area contributed by atoms with Crippen LogP contribution >= 0.6 is 0 Å². The first-order valence-corrected chi connectivity index (χ1v) is 5.87. The number of carboxylic acids is 1. The van der Waals surface area contributed by atoms with Crippen LogP contribution in [0.5, 0.6) is 0 Å². The third kappa shape index (κ3) is 4.61. The van der Waals surface area contributed by atoms with E-state index in [9.17, 15) is 9.59 Å². The van der Waals surface area contributed by atoms with Crippen molar-refractivity contribution < 1.29 is 14.7 Å². The average molecular weight is 228 g/mol. The Morgan fingerprint density at radius 1 is 1.31 bits per heavy atom. The zero-order valence-corrected chi connectivity index (χ0v) is 9.45. The molecule has 1 unspecified atom stereocenters. The van der Waals surface area contributed by atoms with Crippen LogP contribution in [0.25, 0.3) is 0 Å². The van der Waals surface area contributed by atoms with Gasteiger partial charge in [-0.15, -0.1) is 0 Å². The standard InChI is InChI=1S/C11H20N2O3/c12-9(11(15)16)6-7-10(14)13-8-4-2-1-3-5-8/h8-9H,1-7,12H2,(H,13,14)(H,15,16). The van der Waals surface area contributed by atoms with Crippen molar-refractivity contribution in [3.05, 3.63) is 0 Å². The Hall–Kier alpha value is -1.10. The normalized spacial score (nSPS) is 19.1. The van der Waals surface area contributed by atoms with Crippen LogP contribution in [0, 0.1) is 0 Å². The van der Waals surface area contributed by atoms with Crippen molar-refractivity contribution in [3.63, 3.8) is 0 Å². The minimum atomic E-state index is -1.05. The molecule has 0 heterocycles. The van der Waals surface area contributed by atoms with Crippen LogP contribution < -0.4 is 11.1 Å². The second kappa shape index (κ2) is 6.48. The minimum Gasteiger partial charge on any atom is -0.480 e. The first-order chi connectivity index (χ1) is 7.59. The zero-order valence-electron chi connectivity index (χ0n) is 9.45. The number of carbonyl (C=O) groups is 2. The van der Waals surface area contributed by atoms with Crippen LogP contribution in [0.15, 0.2) is 0 Å². The van der Waals surface area contributed by atoms with E-state index in [4.69, 9.17) is 10.8 Å². The predicted octanol–water partition coefficient (Wildman–Crippen LogP) is 0.627. The number of carboxylic acid groups (broad SMARTS) is 1. The number of rotatable bonds is 5. The molecule has 0 aliphatic heterocycles. The molecule has 5 nitrogen and oxygen atoms in total. The fourth-order valence-electron chi connectivity index (χ4n) is 1.96. The van der Waals surface area contributed by atoms with Gasteiger partial charge in [-0.05, 0) is 19.3 Å². The van der Waals surface area contributed by atoms with Gasteiger partial charge in [0.15, 0.2) is 0 Å². The van der Waals surface area contributed by atoms with Gasteiger partial charge in [-0.3, -0.25) is 9.59 Å². The van der Waals surface area contributed by atoms with Crippen molar-refractivity contribution in [1.82, 2.24) is 5.32 Å². The van der Waals surface area contributed by atoms with Crippen molar-refractivity contribution in [1.29, 1.82) is 0 Å². The summed E-state index contributed by atoms with van der Waals surface area (Å²) < 4.78 is 0. The highest BCUT2D eigenvalue weighted by atomic mass is 16.4. The number of hydrogen-bond donors (Lipinski definition) is 3. The molecule has 1 aliphatic carbocycles. The molecule has 4 N–H and O–H groups in total. The summed E-state index contributed by atoms with van der Waals surface area (Å²) >= 11 is 0. The van der Waals surface area contributed by atoms with E-state index < -0.39 is 12.0 Å². The van der Waals surface area contributed by atoms with Gasteiger partial charge in [0.2, 0.25) is 5.91 Å². The van der Waals surface area contributed by atoms with E-state index in [0.29, 0.717) is 0 Å². The molecule has 1 saturated carbocycles. The number of aliphatic carboxylic acids is 1. The molecule has 0 radical (unpaired) electrons. The highest BCUT2D eigenvalue weighted by molar-refractivity contribution is 5.78. The van der Waals surface area contributed by atoms with Gasteiger partial charge in [-0.25, -0.2) is 0 Å². The Balaban J connectivity index is 2.17. The maximum Gasteiger partial charge on any atom is 0.320 e. The van der Waals surface area contributed by atoms with Crippen molar-refractivity contribution in [2.45, 2.75) is 57.0 Å². The maximum absolute atomic E-state index is 11.5. The molecule has 1 atom stereocenters. The predicted molar refractivity (Wildman–Crippen MR) is 59.9 cm³/mol. The quantitative estimate of drug-likeness (QED) is 0.643. The molecule has 16 heavy (non-hydrogen) atoms. The topological polar surface area (TPSA) is 92.4 Å². The Morgan fingerprint density at radius 3 is 2.50 bits per heavy atom. The van der Waals surface area contributed by atoms with E-state index in [0.717, 1.165) is 12.8 Å². The first kappa shape index (κ1) is 13.0. The fraction of sp³-hybridized carbons (Fsp3) is 0.818. The lowest BCUT2D eigenvalue weighted by molar-refractivity contribution is -0.138. The lowest BCUT2D eigenvalue weighted by Gasteiger charge is -2.22. The molecule has 5 heteroatoms. The lowest BCUT2D eigenvalue weighted by Crippen LogP contribution is -2.38. The number of carbonyl (C=O) groups excluding carboxylic acids is 1. The molecular weight excluding hydrogens is 208 g/mol. The largest absolute Gasteiger partial charge is 0.480 e. The molecule has 0 bridgehead atoms. The zero-order chi connectivity index (χ0) is 12.0. The van der Waals surface area contributed by atoms with Crippen molar-refractivity contribution >= 4 is 11.9 Å². The smallest absolute Gasteiger partial charge is 0.320 e.